The Labute approximate surface area is 90.6 Å². The standard InChI is InChI=1S/C11H19NO3/c1-4-9-7-12(6-5-10(9)13)11(14)8(2)15-3/h8-9H,4-7H2,1-3H3. The van der Waals surface area contributed by atoms with Crippen LogP contribution < -0.4 is 0 Å². The zero-order chi connectivity index (χ0) is 11.4. The van der Waals surface area contributed by atoms with E-state index < -0.39 is 6.10 Å². The number of carbonyl (C=O) groups excluding carboxylic acids is 2. The molecule has 2 unspecified atom stereocenters. The lowest BCUT2D eigenvalue weighted by Gasteiger charge is -2.32. The van der Waals surface area contributed by atoms with Crippen LogP contribution >= 0.6 is 0 Å². The molecule has 1 amide bonds. The largest absolute Gasteiger partial charge is 0.372 e. The van der Waals surface area contributed by atoms with E-state index in [1.807, 2.05) is 6.92 Å². The SMILES string of the molecule is CCC1CN(C(=O)C(C)OC)CCC1=O. The number of likely N-dealkylation sites (tertiary alicyclic amines) is 1. The minimum atomic E-state index is -0.407. The normalized spacial score (nSPS) is 24.1. The Balaban J connectivity index is 2.58. The Morgan fingerprint density at radius 2 is 2.33 bits per heavy atom. The number of hydrogen-bond donors (Lipinski definition) is 0. The fraction of sp³-hybridized carbons (Fsp3) is 0.818. The zero-order valence-electron chi connectivity index (χ0n) is 9.66. The third-order valence-corrected chi connectivity index (χ3v) is 3.03. The number of hydrogen-bond acceptors (Lipinski definition) is 3. The Morgan fingerprint density at radius 3 is 2.87 bits per heavy atom. The summed E-state index contributed by atoms with van der Waals surface area (Å²) in [6.07, 6.45) is 0.890. The molecule has 0 radical (unpaired) electrons. The molecule has 1 aliphatic rings. The highest BCUT2D eigenvalue weighted by Gasteiger charge is 2.30. The summed E-state index contributed by atoms with van der Waals surface area (Å²) >= 11 is 0. The third-order valence-electron chi connectivity index (χ3n) is 3.03. The second-order valence-electron chi connectivity index (χ2n) is 3.98. The first-order chi connectivity index (χ1) is 7.10. The van der Waals surface area contributed by atoms with Gasteiger partial charge in [-0.2, -0.15) is 0 Å². The van der Waals surface area contributed by atoms with Crippen LogP contribution in [0.5, 0.6) is 0 Å². The molecule has 1 rings (SSSR count). The zero-order valence-corrected chi connectivity index (χ0v) is 9.66. The van der Waals surface area contributed by atoms with Gasteiger partial charge >= 0.3 is 0 Å². The quantitative estimate of drug-likeness (QED) is 0.698. The minimum Gasteiger partial charge on any atom is -0.372 e. The Hall–Kier alpha value is -0.900. The molecule has 2 atom stereocenters. The van der Waals surface area contributed by atoms with Crippen molar-refractivity contribution in [1.29, 1.82) is 0 Å². The van der Waals surface area contributed by atoms with Crippen molar-refractivity contribution in [2.45, 2.75) is 32.8 Å². The smallest absolute Gasteiger partial charge is 0.251 e. The van der Waals surface area contributed by atoms with Crippen LogP contribution in [0.15, 0.2) is 0 Å². The molecule has 1 aliphatic heterocycles. The molecule has 0 aliphatic carbocycles. The molecule has 0 spiro atoms. The maximum absolute atomic E-state index is 11.8. The number of methoxy groups -OCH3 is 1. The van der Waals surface area contributed by atoms with Gasteiger partial charge in [-0.15, -0.1) is 0 Å². The summed E-state index contributed by atoms with van der Waals surface area (Å²) in [6, 6.07) is 0. The monoisotopic (exact) mass is 213 g/mol. The minimum absolute atomic E-state index is 0.0107. The second-order valence-corrected chi connectivity index (χ2v) is 3.98. The van der Waals surface area contributed by atoms with Crippen molar-refractivity contribution in [3.63, 3.8) is 0 Å². The summed E-state index contributed by atoms with van der Waals surface area (Å²) in [5, 5.41) is 0. The van der Waals surface area contributed by atoms with E-state index in [-0.39, 0.29) is 17.6 Å². The van der Waals surface area contributed by atoms with E-state index in [1.165, 1.54) is 7.11 Å². The number of carbonyl (C=O) groups is 2. The van der Waals surface area contributed by atoms with Crippen molar-refractivity contribution >= 4 is 11.7 Å². The number of piperidine rings is 1. The Bertz CT molecular complexity index is 252. The molecule has 4 heteroatoms. The average molecular weight is 213 g/mol. The molecule has 1 heterocycles. The van der Waals surface area contributed by atoms with Crippen LogP contribution in [0, 0.1) is 5.92 Å². The van der Waals surface area contributed by atoms with Crippen LogP contribution in [0.1, 0.15) is 26.7 Å². The second kappa shape index (κ2) is 5.26. The van der Waals surface area contributed by atoms with Crippen LogP contribution in [-0.4, -0.2) is 42.9 Å². The van der Waals surface area contributed by atoms with Crippen molar-refractivity contribution < 1.29 is 14.3 Å². The average Bonchev–Trinajstić information content (AvgIpc) is 2.27. The van der Waals surface area contributed by atoms with Crippen molar-refractivity contribution in [3.8, 4) is 0 Å². The number of Topliss-reactive ketones (excluding diaryl/α,β-unsaturated/α-hetero) is 1. The molecule has 0 aromatic rings. The number of ketones is 1. The van der Waals surface area contributed by atoms with Gasteiger partial charge < -0.3 is 9.64 Å². The van der Waals surface area contributed by atoms with Gasteiger partial charge in [0.25, 0.3) is 5.91 Å². The van der Waals surface area contributed by atoms with Crippen LogP contribution in [0.4, 0.5) is 0 Å². The third kappa shape index (κ3) is 2.78. The maximum atomic E-state index is 11.8. The fourth-order valence-electron chi connectivity index (χ4n) is 1.82. The van der Waals surface area contributed by atoms with Crippen molar-refractivity contribution in [2.75, 3.05) is 20.2 Å². The van der Waals surface area contributed by atoms with Gasteiger partial charge in [0.05, 0.1) is 0 Å². The highest BCUT2D eigenvalue weighted by atomic mass is 16.5. The molecule has 1 saturated heterocycles. The van der Waals surface area contributed by atoms with E-state index in [0.717, 1.165) is 6.42 Å². The lowest BCUT2D eigenvalue weighted by molar-refractivity contribution is -0.145. The molecular formula is C11H19NO3. The summed E-state index contributed by atoms with van der Waals surface area (Å²) < 4.78 is 4.98. The van der Waals surface area contributed by atoms with Gasteiger partial charge in [0, 0.05) is 32.5 Å². The van der Waals surface area contributed by atoms with Crippen molar-refractivity contribution in [2.24, 2.45) is 5.92 Å². The summed E-state index contributed by atoms with van der Waals surface area (Å²) in [5.74, 6) is 0.293. The van der Waals surface area contributed by atoms with Gasteiger partial charge in [-0.05, 0) is 13.3 Å². The Kier molecular flexibility index (Phi) is 4.27. The fourth-order valence-corrected chi connectivity index (χ4v) is 1.82. The summed E-state index contributed by atoms with van der Waals surface area (Å²) in [7, 11) is 1.52. The van der Waals surface area contributed by atoms with Gasteiger partial charge in [0.2, 0.25) is 0 Å². The molecule has 0 saturated carbocycles. The van der Waals surface area contributed by atoms with E-state index in [9.17, 15) is 9.59 Å². The molecule has 0 aromatic heterocycles. The first-order valence-corrected chi connectivity index (χ1v) is 5.44. The van der Waals surface area contributed by atoms with Crippen LogP contribution in [0.3, 0.4) is 0 Å². The van der Waals surface area contributed by atoms with Crippen LogP contribution in [0.25, 0.3) is 0 Å². The summed E-state index contributed by atoms with van der Waals surface area (Å²) in [4.78, 5) is 25.0. The molecule has 4 nitrogen and oxygen atoms in total. The highest BCUT2D eigenvalue weighted by Crippen LogP contribution is 2.17. The van der Waals surface area contributed by atoms with E-state index in [4.69, 9.17) is 4.74 Å². The molecule has 0 bridgehead atoms. The predicted octanol–water partition coefficient (Wildman–Crippen LogP) is 0.849. The maximum Gasteiger partial charge on any atom is 0.251 e. The lowest BCUT2D eigenvalue weighted by atomic mass is 9.94. The van der Waals surface area contributed by atoms with Crippen LogP contribution in [-0.2, 0) is 14.3 Å². The van der Waals surface area contributed by atoms with Crippen LogP contribution in [0.2, 0.25) is 0 Å². The van der Waals surface area contributed by atoms with Gasteiger partial charge in [-0.3, -0.25) is 9.59 Å². The van der Waals surface area contributed by atoms with Gasteiger partial charge in [0.1, 0.15) is 11.9 Å². The van der Waals surface area contributed by atoms with E-state index in [2.05, 4.69) is 0 Å². The molecule has 15 heavy (non-hydrogen) atoms. The highest BCUT2D eigenvalue weighted by molar-refractivity contribution is 5.86. The Morgan fingerprint density at radius 1 is 1.67 bits per heavy atom. The first kappa shape index (κ1) is 12.2. The van der Waals surface area contributed by atoms with Gasteiger partial charge in [-0.1, -0.05) is 6.92 Å². The summed E-state index contributed by atoms with van der Waals surface area (Å²) in [5.41, 5.74) is 0. The summed E-state index contributed by atoms with van der Waals surface area (Å²) in [6.45, 7) is 4.82. The predicted molar refractivity (Wildman–Crippen MR) is 56.5 cm³/mol. The lowest BCUT2D eigenvalue weighted by Crippen LogP contribution is -2.47. The number of rotatable bonds is 3. The molecule has 0 N–H and O–H groups in total. The van der Waals surface area contributed by atoms with E-state index in [1.54, 1.807) is 11.8 Å². The molecule has 86 valence electrons. The topological polar surface area (TPSA) is 46.6 Å². The van der Waals surface area contributed by atoms with Gasteiger partial charge in [0.15, 0.2) is 0 Å². The first-order valence-electron chi connectivity index (χ1n) is 5.44. The number of ether oxygens (including phenoxy) is 1. The molecule has 0 aromatic carbocycles. The van der Waals surface area contributed by atoms with Crippen molar-refractivity contribution in [1.82, 2.24) is 4.90 Å². The van der Waals surface area contributed by atoms with Gasteiger partial charge in [-0.25, -0.2) is 0 Å². The molecular weight excluding hydrogens is 194 g/mol. The van der Waals surface area contributed by atoms with Crippen molar-refractivity contribution in [3.05, 3.63) is 0 Å². The number of amides is 1. The molecule has 1 fully saturated rings. The van der Waals surface area contributed by atoms with E-state index >= 15 is 0 Å². The number of nitrogens with zero attached hydrogens (tertiary/aromatic N) is 1. The van der Waals surface area contributed by atoms with E-state index in [0.29, 0.717) is 19.5 Å².